The van der Waals surface area contributed by atoms with Gasteiger partial charge in [-0.3, -0.25) is 4.98 Å². The second kappa shape index (κ2) is 4.63. The Kier molecular flexibility index (Phi) is 3.75. The van der Waals surface area contributed by atoms with Crippen LogP contribution in [0, 0.1) is 0 Å². The van der Waals surface area contributed by atoms with Crippen LogP contribution in [0.15, 0.2) is 24.4 Å². The van der Waals surface area contributed by atoms with Gasteiger partial charge in [0.05, 0.1) is 6.61 Å². The van der Waals surface area contributed by atoms with Gasteiger partial charge in [-0.2, -0.15) is 0 Å². The van der Waals surface area contributed by atoms with Gasteiger partial charge in [0.25, 0.3) is 0 Å². The Morgan fingerprint density at radius 2 is 2.23 bits per heavy atom. The molecule has 0 aliphatic carbocycles. The zero-order valence-electron chi connectivity index (χ0n) is 8.28. The molecule has 72 valence electrons. The van der Waals surface area contributed by atoms with Gasteiger partial charge in [0, 0.05) is 23.6 Å². The number of hydrogen-bond donors (Lipinski definition) is 0. The maximum absolute atomic E-state index is 5.33. The van der Waals surface area contributed by atoms with E-state index in [2.05, 4.69) is 18.8 Å². The highest BCUT2D eigenvalue weighted by Crippen LogP contribution is 2.22. The molecule has 0 fully saturated rings. The van der Waals surface area contributed by atoms with Crippen molar-refractivity contribution in [1.82, 2.24) is 4.98 Å². The van der Waals surface area contributed by atoms with Crippen molar-refractivity contribution in [3.8, 4) is 0 Å². The molecule has 0 aliphatic heterocycles. The lowest BCUT2D eigenvalue weighted by Crippen LogP contribution is -2.24. The monoisotopic (exact) mass is 197 g/mol. The third-order valence-electron chi connectivity index (χ3n) is 1.90. The fourth-order valence-corrected chi connectivity index (χ4v) is 1.46. The highest BCUT2D eigenvalue weighted by atomic mass is 32.2. The summed E-state index contributed by atoms with van der Waals surface area (Å²) < 4.78 is 5.33. The van der Waals surface area contributed by atoms with Crippen LogP contribution in [0.1, 0.15) is 19.5 Å². The normalized spacial score (nSPS) is 11.6. The minimum Gasteiger partial charge on any atom is -0.315 e. The van der Waals surface area contributed by atoms with Crippen LogP contribution < -0.4 is 0 Å². The Balaban J connectivity index is 2.69. The van der Waals surface area contributed by atoms with Gasteiger partial charge >= 0.3 is 0 Å². The summed E-state index contributed by atoms with van der Waals surface area (Å²) in [5, 5.41) is 0. The molecule has 3 heteroatoms. The summed E-state index contributed by atoms with van der Waals surface area (Å²) in [7, 11) is 0. The molecule has 1 aromatic rings. The van der Waals surface area contributed by atoms with Gasteiger partial charge in [-0.1, -0.05) is 19.9 Å². The molecule has 0 bridgehead atoms. The van der Waals surface area contributed by atoms with Gasteiger partial charge < -0.3 is 4.18 Å². The van der Waals surface area contributed by atoms with Crippen LogP contribution in [0.4, 0.5) is 0 Å². The minimum atomic E-state index is -0.00965. The third-order valence-corrected chi connectivity index (χ3v) is 2.25. The summed E-state index contributed by atoms with van der Waals surface area (Å²) in [6.07, 6.45) is 3.74. The molecule has 0 N–H and O–H groups in total. The van der Waals surface area contributed by atoms with E-state index in [1.165, 1.54) is 12.0 Å². The molecule has 0 aliphatic rings. The number of nitrogens with zero attached hydrogens (tertiary/aromatic N) is 1. The van der Waals surface area contributed by atoms with E-state index in [0.29, 0.717) is 6.61 Å². The van der Waals surface area contributed by atoms with E-state index in [1.54, 1.807) is 0 Å². The van der Waals surface area contributed by atoms with E-state index < -0.39 is 0 Å². The SMILES string of the molecule is CSOCC(C)(C)c1ccccn1. The maximum atomic E-state index is 5.33. The number of aromatic nitrogens is 1. The lowest BCUT2D eigenvalue weighted by atomic mass is 9.90. The summed E-state index contributed by atoms with van der Waals surface area (Å²) in [6.45, 7) is 4.95. The molecule has 0 saturated heterocycles. The van der Waals surface area contributed by atoms with Crippen LogP contribution in [0.3, 0.4) is 0 Å². The van der Waals surface area contributed by atoms with Crippen molar-refractivity contribution >= 4 is 12.0 Å². The molecule has 0 radical (unpaired) electrons. The van der Waals surface area contributed by atoms with Gasteiger partial charge in [-0.15, -0.1) is 0 Å². The molecule has 0 atom stereocenters. The van der Waals surface area contributed by atoms with Gasteiger partial charge in [0.1, 0.15) is 0 Å². The van der Waals surface area contributed by atoms with Crippen LogP contribution in [-0.2, 0) is 9.60 Å². The van der Waals surface area contributed by atoms with Gasteiger partial charge in [-0.25, -0.2) is 0 Å². The van der Waals surface area contributed by atoms with Crippen molar-refractivity contribution in [2.24, 2.45) is 0 Å². The van der Waals surface area contributed by atoms with E-state index in [1.807, 2.05) is 30.7 Å². The van der Waals surface area contributed by atoms with Crippen LogP contribution in [-0.4, -0.2) is 17.8 Å². The van der Waals surface area contributed by atoms with Crippen molar-refractivity contribution in [2.45, 2.75) is 19.3 Å². The molecule has 0 spiro atoms. The van der Waals surface area contributed by atoms with E-state index in [9.17, 15) is 0 Å². The average molecular weight is 197 g/mol. The smallest absolute Gasteiger partial charge is 0.0720 e. The highest BCUT2D eigenvalue weighted by Gasteiger charge is 2.21. The van der Waals surface area contributed by atoms with Crippen LogP contribution >= 0.6 is 12.0 Å². The summed E-state index contributed by atoms with van der Waals surface area (Å²) in [5.41, 5.74) is 1.06. The van der Waals surface area contributed by atoms with E-state index in [-0.39, 0.29) is 5.41 Å². The first-order valence-electron chi connectivity index (χ1n) is 4.24. The Labute approximate surface area is 83.9 Å². The summed E-state index contributed by atoms with van der Waals surface area (Å²) in [4.78, 5) is 4.31. The number of pyridine rings is 1. The van der Waals surface area contributed by atoms with Crippen LogP contribution in [0.2, 0.25) is 0 Å². The van der Waals surface area contributed by atoms with E-state index >= 15 is 0 Å². The first-order valence-corrected chi connectivity index (χ1v) is 5.39. The lowest BCUT2D eigenvalue weighted by molar-refractivity contribution is 0.274. The second-order valence-corrected chi connectivity index (χ2v) is 4.10. The highest BCUT2D eigenvalue weighted by molar-refractivity contribution is 7.93. The largest absolute Gasteiger partial charge is 0.315 e. The third kappa shape index (κ3) is 3.01. The minimum absolute atomic E-state index is 0.00965. The quantitative estimate of drug-likeness (QED) is 0.693. The fraction of sp³-hybridized carbons (Fsp3) is 0.500. The van der Waals surface area contributed by atoms with Crippen molar-refractivity contribution in [1.29, 1.82) is 0 Å². The molecular formula is C10H15NOS. The van der Waals surface area contributed by atoms with Crippen LogP contribution in [0.25, 0.3) is 0 Å². The summed E-state index contributed by atoms with van der Waals surface area (Å²) in [5.74, 6) is 0. The van der Waals surface area contributed by atoms with Crippen molar-refractivity contribution < 1.29 is 4.18 Å². The first-order chi connectivity index (χ1) is 6.17. The van der Waals surface area contributed by atoms with Crippen molar-refractivity contribution in [2.75, 3.05) is 12.9 Å². The van der Waals surface area contributed by atoms with Crippen molar-refractivity contribution in [3.63, 3.8) is 0 Å². The molecule has 0 unspecified atom stereocenters. The number of rotatable bonds is 4. The van der Waals surface area contributed by atoms with E-state index in [0.717, 1.165) is 5.69 Å². The Bertz CT molecular complexity index is 248. The van der Waals surface area contributed by atoms with Crippen LogP contribution in [0.5, 0.6) is 0 Å². The average Bonchev–Trinajstić information content (AvgIpc) is 2.16. The van der Waals surface area contributed by atoms with Crippen molar-refractivity contribution in [3.05, 3.63) is 30.1 Å². The lowest BCUT2D eigenvalue weighted by Gasteiger charge is -2.22. The standard InChI is InChI=1S/C10H15NOS/c1-10(2,8-12-13-3)9-6-4-5-7-11-9/h4-7H,8H2,1-3H3. The predicted molar refractivity (Wildman–Crippen MR) is 56.7 cm³/mol. The predicted octanol–water partition coefficient (Wildman–Crippen LogP) is 2.65. The van der Waals surface area contributed by atoms with Gasteiger partial charge in [0.15, 0.2) is 0 Å². The molecule has 0 saturated carbocycles. The molecule has 1 aromatic heterocycles. The van der Waals surface area contributed by atoms with E-state index in [4.69, 9.17) is 4.18 Å². The zero-order valence-corrected chi connectivity index (χ0v) is 9.10. The zero-order chi connectivity index (χ0) is 9.73. The summed E-state index contributed by atoms with van der Waals surface area (Å²) in [6, 6.07) is 5.96. The van der Waals surface area contributed by atoms with Gasteiger partial charge in [-0.05, 0) is 24.2 Å². The molecule has 0 aromatic carbocycles. The Morgan fingerprint density at radius 3 is 2.77 bits per heavy atom. The molecular weight excluding hydrogens is 182 g/mol. The molecule has 13 heavy (non-hydrogen) atoms. The maximum Gasteiger partial charge on any atom is 0.0720 e. The van der Waals surface area contributed by atoms with Gasteiger partial charge in [0.2, 0.25) is 0 Å². The molecule has 2 nitrogen and oxygen atoms in total. The Hall–Kier alpha value is -0.540. The molecule has 0 amide bonds. The first kappa shape index (κ1) is 10.5. The molecule has 1 rings (SSSR count). The second-order valence-electron chi connectivity index (χ2n) is 3.53. The topological polar surface area (TPSA) is 22.1 Å². The molecule has 1 heterocycles. The summed E-state index contributed by atoms with van der Waals surface area (Å²) >= 11 is 1.40. The fourth-order valence-electron chi connectivity index (χ4n) is 1.04. The number of hydrogen-bond acceptors (Lipinski definition) is 3. The Morgan fingerprint density at radius 1 is 1.46 bits per heavy atom.